The quantitative estimate of drug-likeness (QED) is 0.813. The molecule has 2 heterocycles. The monoisotopic (exact) mass is 219 g/mol. The molecule has 1 unspecified atom stereocenters. The van der Waals surface area contributed by atoms with Crippen molar-refractivity contribution in [1.82, 2.24) is 4.98 Å². The third-order valence-electron chi connectivity index (χ3n) is 2.28. The molecule has 0 aromatic carbocycles. The van der Waals surface area contributed by atoms with E-state index in [1.807, 2.05) is 0 Å². The van der Waals surface area contributed by atoms with E-state index in [2.05, 4.69) is 16.4 Å². The van der Waals surface area contributed by atoms with Gasteiger partial charge in [0.15, 0.2) is 0 Å². The molecule has 0 radical (unpaired) electrons. The van der Waals surface area contributed by atoms with Gasteiger partial charge in [-0.05, 0) is 12.1 Å². The lowest BCUT2D eigenvalue weighted by molar-refractivity contribution is -0.0819. The Morgan fingerprint density at radius 2 is 2.50 bits per heavy atom. The van der Waals surface area contributed by atoms with Gasteiger partial charge in [0.05, 0.1) is 37.6 Å². The summed E-state index contributed by atoms with van der Waals surface area (Å²) in [5.41, 5.74) is 0.596. The summed E-state index contributed by atoms with van der Waals surface area (Å²) in [5, 5.41) is 11.9. The number of hydrogen-bond donors (Lipinski definition) is 1. The van der Waals surface area contributed by atoms with Crippen LogP contribution in [0.5, 0.6) is 0 Å². The number of pyridine rings is 1. The molecule has 1 N–H and O–H groups in total. The fourth-order valence-electron chi connectivity index (χ4n) is 1.47. The van der Waals surface area contributed by atoms with Crippen LogP contribution in [0.15, 0.2) is 18.3 Å². The van der Waals surface area contributed by atoms with Gasteiger partial charge in [-0.15, -0.1) is 0 Å². The van der Waals surface area contributed by atoms with Crippen molar-refractivity contribution in [3.8, 4) is 6.07 Å². The normalized spacial score (nSPS) is 20.1. The molecule has 0 bridgehead atoms. The highest BCUT2D eigenvalue weighted by molar-refractivity contribution is 5.42. The molecule has 0 saturated carbocycles. The summed E-state index contributed by atoms with van der Waals surface area (Å²) in [5.74, 6) is 0.688. The minimum absolute atomic E-state index is 0.0568. The Hall–Kier alpha value is -1.64. The van der Waals surface area contributed by atoms with Gasteiger partial charge < -0.3 is 14.8 Å². The smallest absolute Gasteiger partial charge is 0.127 e. The van der Waals surface area contributed by atoms with E-state index in [1.165, 1.54) is 0 Å². The number of ether oxygens (including phenoxy) is 2. The van der Waals surface area contributed by atoms with Crippen molar-refractivity contribution in [2.24, 2.45) is 0 Å². The first kappa shape index (κ1) is 10.9. The van der Waals surface area contributed by atoms with Crippen molar-refractivity contribution in [3.63, 3.8) is 0 Å². The van der Waals surface area contributed by atoms with E-state index in [1.54, 1.807) is 18.3 Å². The fourth-order valence-corrected chi connectivity index (χ4v) is 1.47. The molecular weight excluding hydrogens is 206 g/mol. The number of nitrogens with zero attached hydrogens (tertiary/aromatic N) is 2. The minimum Gasteiger partial charge on any atom is -0.376 e. The topological polar surface area (TPSA) is 67.2 Å². The predicted octanol–water partition coefficient (Wildman–Crippen LogP) is 0.781. The summed E-state index contributed by atoms with van der Waals surface area (Å²) in [6, 6.07) is 5.45. The number of rotatable bonds is 3. The fraction of sp³-hybridized carbons (Fsp3) is 0.455. The zero-order chi connectivity index (χ0) is 11.2. The second-order valence-corrected chi connectivity index (χ2v) is 3.49. The second kappa shape index (κ2) is 5.45. The van der Waals surface area contributed by atoms with Crippen LogP contribution in [0.25, 0.3) is 0 Å². The lowest BCUT2D eigenvalue weighted by atomic mass is 10.3. The second-order valence-electron chi connectivity index (χ2n) is 3.49. The van der Waals surface area contributed by atoms with Gasteiger partial charge in [0.2, 0.25) is 0 Å². The first-order valence-electron chi connectivity index (χ1n) is 5.18. The van der Waals surface area contributed by atoms with E-state index in [4.69, 9.17) is 14.7 Å². The van der Waals surface area contributed by atoms with E-state index in [-0.39, 0.29) is 6.10 Å². The summed E-state index contributed by atoms with van der Waals surface area (Å²) in [7, 11) is 0. The third kappa shape index (κ3) is 2.92. The number of aromatic nitrogens is 1. The van der Waals surface area contributed by atoms with Crippen molar-refractivity contribution >= 4 is 5.82 Å². The maximum absolute atomic E-state index is 8.73. The third-order valence-corrected chi connectivity index (χ3v) is 2.28. The molecule has 1 aliphatic heterocycles. The summed E-state index contributed by atoms with van der Waals surface area (Å²) in [6.45, 7) is 2.55. The first-order chi connectivity index (χ1) is 7.88. The molecule has 84 valence electrons. The van der Waals surface area contributed by atoms with Crippen LogP contribution in [-0.4, -0.2) is 37.5 Å². The summed E-state index contributed by atoms with van der Waals surface area (Å²) in [4.78, 5) is 4.11. The van der Waals surface area contributed by atoms with Crippen LogP contribution in [0.2, 0.25) is 0 Å². The van der Waals surface area contributed by atoms with Crippen molar-refractivity contribution in [3.05, 3.63) is 23.9 Å². The molecule has 0 spiro atoms. The van der Waals surface area contributed by atoms with Gasteiger partial charge in [0.25, 0.3) is 0 Å². The van der Waals surface area contributed by atoms with Crippen LogP contribution in [0.1, 0.15) is 5.56 Å². The van der Waals surface area contributed by atoms with Crippen molar-refractivity contribution < 1.29 is 9.47 Å². The molecule has 1 aliphatic rings. The van der Waals surface area contributed by atoms with Gasteiger partial charge in [-0.3, -0.25) is 0 Å². The van der Waals surface area contributed by atoms with E-state index in [9.17, 15) is 0 Å². The highest BCUT2D eigenvalue weighted by Crippen LogP contribution is 2.07. The minimum atomic E-state index is 0.0568. The molecule has 1 aromatic heterocycles. The van der Waals surface area contributed by atoms with Gasteiger partial charge in [-0.25, -0.2) is 4.98 Å². The van der Waals surface area contributed by atoms with Crippen LogP contribution < -0.4 is 5.32 Å². The van der Waals surface area contributed by atoms with E-state index >= 15 is 0 Å². The molecule has 16 heavy (non-hydrogen) atoms. The molecular formula is C11H13N3O2. The lowest BCUT2D eigenvalue weighted by Crippen LogP contribution is -2.34. The van der Waals surface area contributed by atoms with Crippen molar-refractivity contribution in [2.45, 2.75) is 6.10 Å². The zero-order valence-corrected chi connectivity index (χ0v) is 8.85. The number of nitriles is 1. The average Bonchev–Trinajstić information content (AvgIpc) is 2.38. The van der Waals surface area contributed by atoms with Crippen molar-refractivity contribution in [1.29, 1.82) is 5.26 Å². The van der Waals surface area contributed by atoms with Gasteiger partial charge in [-0.1, -0.05) is 0 Å². The lowest BCUT2D eigenvalue weighted by Gasteiger charge is -2.23. The Morgan fingerprint density at radius 3 is 3.25 bits per heavy atom. The maximum atomic E-state index is 8.73. The Bertz CT molecular complexity index is 383. The molecule has 0 aliphatic carbocycles. The van der Waals surface area contributed by atoms with E-state index < -0.39 is 0 Å². The van der Waals surface area contributed by atoms with E-state index in [0.717, 1.165) is 0 Å². The first-order valence-corrected chi connectivity index (χ1v) is 5.18. The molecule has 0 amide bonds. The van der Waals surface area contributed by atoms with E-state index in [0.29, 0.717) is 37.7 Å². The maximum Gasteiger partial charge on any atom is 0.127 e. The zero-order valence-electron chi connectivity index (χ0n) is 8.85. The Labute approximate surface area is 94.0 Å². The van der Waals surface area contributed by atoms with Crippen LogP contribution in [-0.2, 0) is 9.47 Å². The highest BCUT2D eigenvalue weighted by Gasteiger charge is 2.13. The molecule has 1 fully saturated rings. The largest absolute Gasteiger partial charge is 0.376 e. The SMILES string of the molecule is N#Cc1ccnc(NCC2COCCO2)c1. The molecule has 5 heteroatoms. The average molecular weight is 219 g/mol. The number of hydrogen-bond acceptors (Lipinski definition) is 5. The van der Waals surface area contributed by atoms with Gasteiger partial charge in [-0.2, -0.15) is 5.26 Å². The van der Waals surface area contributed by atoms with Gasteiger partial charge in [0, 0.05) is 12.7 Å². The Kier molecular flexibility index (Phi) is 3.70. The van der Waals surface area contributed by atoms with Crippen LogP contribution in [0, 0.1) is 11.3 Å². The summed E-state index contributed by atoms with van der Waals surface area (Å²) < 4.78 is 10.8. The Morgan fingerprint density at radius 1 is 1.56 bits per heavy atom. The molecule has 1 aromatic rings. The summed E-state index contributed by atoms with van der Waals surface area (Å²) in [6.07, 6.45) is 1.67. The van der Waals surface area contributed by atoms with Gasteiger partial charge >= 0.3 is 0 Å². The van der Waals surface area contributed by atoms with Crippen LogP contribution in [0.4, 0.5) is 5.82 Å². The number of anilines is 1. The Balaban J connectivity index is 1.86. The molecule has 2 rings (SSSR count). The van der Waals surface area contributed by atoms with Crippen LogP contribution in [0.3, 0.4) is 0 Å². The van der Waals surface area contributed by atoms with Crippen LogP contribution >= 0.6 is 0 Å². The standard InChI is InChI=1S/C11H13N3O2/c12-6-9-1-2-13-11(5-9)14-7-10-8-15-3-4-16-10/h1-2,5,10H,3-4,7-8H2,(H,13,14). The summed E-state index contributed by atoms with van der Waals surface area (Å²) >= 11 is 0. The predicted molar refractivity (Wildman–Crippen MR) is 58.0 cm³/mol. The number of nitrogens with one attached hydrogen (secondary N) is 1. The highest BCUT2D eigenvalue weighted by atomic mass is 16.6. The molecule has 1 atom stereocenters. The molecule has 1 saturated heterocycles. The van der Waals surface area contributed by atoms with Gasteiger partial charge in [0.1, 0.15) is 5.82 Å². The van der Waals surface area contributed by atoms with Crippen molar-refractivity contribution in [2.75, 3.05) is 31.7 Å². The molecule has 5 nitrogen and oxygen atoms in total.